The van der Waals surface area contributed by atoms with Gasteiger partial charge >= 0.3 is 5.97 Å². The second-order valence-corrected chi connectivity index (χ2v) is 6.47. The van der Waals surface area contributed by atoms with Crippen molar-refractivity contribution in [2.24, 2.45) is 0 Å². The van der Waals surface area contributed by atoms with Crippen LogP contribution in [0.5, 0.6) is 5.75 Å². The number of aliphatic hydroxyl groups excluding tert-OH is 1. The highest BCUT2D eigenvalue weighted by atomic mass is 35.5. The number of nitrogens with one attached hydrogen (secondary N) is 2. The normalized spacial score (nSPS) is 11.0. The molecule has 0 atom stereocenters. The number of carboxylic acids is 1. The van der Waals surface area contributed by atoms with E-state index in [0.29, 0.717) is 18.0 Å². The number of ether oxygens (including phenoxy) is 1. The summed E-state index contributed by atoms with van der Waals surface area (Å²) < 4.78 is 4.82. The van der Waals surface area contributed by atoms with E-state index in [4.69, 9.17) is 38.2 Å². The molecule has 1 aromatic carbocycles. The molecule has 2 aromatic heterocycles. The number of aliphatic hydroxyl groups is 1. The van der Waals surface area contributed by atoms with Crippen LogP contribution in [0.2, 0.25) is 10.0 Å². The van der Waals surface area contributed by atoms with Crippen molar-refractivity contribution in [1.82, 2.24) is 19.9 Å². The fourth-order valence-electron chi connectivity index (χ4n) is 2.21. The summed E-state index contributed by atoms with van der Waals surface area (Å²) in [6, 6.07) is 2.89. The number of aromatic carboxylic acids is 1. The Balaban J connectivity index is 0.000000212. The van der Waals surface area contributed by atoms with Crippen molar-refractivity contribution < 1.29 is 19.7 Å². The van der Waals surface area contributed by atoms with Gasteiger partial charge in [-0.15, -0.1) is 0 Å². The summed E-state index contributed by atoms with van der Waals surface area (Å²) in [5.74, 6) is -0.390. The van der Waals surface area contributed by atoms with Gasteiger partial charge in [-0.3, -0.25) is 0 Å². The Bertz CT molecular complexity index is 1020. The first-order valence-corrected chi connectivity index (χ1v) is 9.04. The summed E-state index contributed by atoms with van der Waals surface area (Å²) in [4.78, 5) is 25.9. The highest BCUT2D eigenvalue weighted by molar-refractivity contribution is 6.36. The number of fused-ring (bicyclic) bond motifs is 1. The molecule has 0 unspecified atom stereocenters. The smallest absolute Gasteiger partial charge is 0.341 e. The second kappa shape index (κ2) is 10.6. The van der Waals surface area contributed by atoms with Crippen LogP contribution in [0.15, 0.2) is 36.4 Å². The van der Waals surface area contributed by atoms with Crippen molar-refractivity contribution in [2.75, 3.05) is 25.6 Å². The van der Waals surface area contributed by atoms with Crippen LogP contribution < -0.4 is 10.1 Å². The standard InChI is InChI=1S/C10H13N5O.C8H6Cl2O3/c1-7(4-16)2-3-11-9-8-10(13-5-12-8)15-6-14-9;1-13-7-5(10)3-2-4(9)6(7)8(11)12/h2,5-6,16H,3-4H2,1H3,(H2,11,12,13,14,15);2-3H,1H3,(H,11,12)/b7-2+;. The summed E-state index contributed by atoms with van der Waals surface area (Å²) in [6.45, 7) is 2.54. The number of aromatic amines is 1. The van der Waals surface area contributed by atoms with Crippen LogP contribution in [-0.2, 0) is 0 Å². The van der Waals surface area contributed by atoms with Gasteiger partial charge in [-0.1, -0.05) is 34.9 Å². The van der Waals surface area contributed by atoms with Crippen molar-refractivity contribution in [2.45, 2.75) is 6.92 Å². The Hall–Kier alpha value is -2.88. The molecule has 29 heavy (non-hydrogen) atoms. The van der Waals surface area contributed by atoms with Crippen LogP contribution in [0, 0.1) is 0 Å². The van der Waals surface area contributed by atoms with Gasteiger partial charge in [0.05, 0.1) is 30.1 Å². The Morgan fingerprint density at radius 3 is 2.62 bits per heavy atom. The SMILES string of the molecule is C/C(=C\CNc1ncnc2[nH]cnc12)CO.COc1c(Cl)ccc(Cl)c1C(=O)O. The van der Waals surface area contributed by atoms with Crippen molar-refractivity contribution >= 4 is 46.2 Å². The predicted octanol–water partition coefficient (Wildman–Crippen LogP) is 3.40. The first kappa shape index (κ1) is 22.4. The molecule has 0 radical (unpaired) electrons. The highest BCUT2D eigenvalue weighted by Gasteiger charge is 2.18. The predicted molar refractivity (Wildman–Crippen MR) is 111 cm³/mol. The van der Waals surface area contributed by atoms with Crippen molar-refractivity contribution in [3.63, 3.8) is 0 Å². The van der Waals surface area contributed by atoms with Crippen LogP contribution in [0.4, 0.5) is 5.82 Å². The van der Waals surface area contributed by atoms with E-state index in [1.54, 1.807) is 6.33 Å². The number of hydrogen-bond acceptors (Lipinski definition) is 7. The lowest BCUT2D eigenvalue weighted by atomic mass is 10.2. The number of imidazole rings is 1. The molecule has 0 spiro atoms. The minimum Gasteiger partial charge on any atom is -0.494 e. The maximum atomic E-state index is 10.7. The summed E-state index contributed by atoms with van der Waals surface area (Å²) in [5.41, 5.74) is 2.23. The van der Waals surface area contributed by atoms with Gasteiger partial charge in [0.15, 0.2) is 17.2 Å². The number of rotatable bonds is 6. The van der Waals surface area contributed by atoms with E-state index in [2.05, 4.69) is 25.3 Å². The fraction of sp³-hybridized carbons (Fsp3) is 0.222. The fourth-order valence-corrected chi connectivity index (χ4v) is 2.68. The lowest BCUT2D eigenvalue weighted by molar-refractivity contribution is 0.0693. The number of carboxylic acid groups (broad SMARTS) is 1. The van der Waals surface area contributed by atoms with Gasteiger partial charge < -0.3 is 25.3 Å². The number of H-pyrrole nitrogens is 1. The molecule has 0 fully saturated rings. The molecule has 0 aliphatic carbocycles. The second-order valence-electron chi connectivity index (χ2n) is 5.65. The van der Waals surface area contributed by atoms with Crippen molar-refractivity contribution in [3.05, 3.63) is 52.0 Å². The van der Waals surface area contributed by atoms with E-state index < -0.39 is 5.97 Å². The highest BCUT2D eigenvalue weighted by Crippen LogP contribution is 2.33. The lowest BCUT2D eigenvalue weighted by Gasteiger charge is -2.07. The van der Waals surface area contributed by atoms with Gasteiger partial charge in [0, 0.05) is 6.54 Å². The van der Waals surface area contributed by atoms with Crippen LogP contribution in [0.1, 0.15) is 17.3 Å². The molecule has 9 nitrogen and oxygen atoms in total. The number of halogens is 2. The number of carbonyl (C=O) groups is 1. The molecule has 11 heteroatoms. The molecule has 0 amide bonds. The zero-order valence-electron chi connectivity index (χ0n) is 15.6. The van der Waals surface area contributed by atoms with E-state index >= 15 is 0 Å². The molecule has 0 bridgehead atoms. The van der Waals surface area contributed by atoms with E-state index in [0.717, 1.165) is 11.1 Å². The van der Waals surface area contributed by atoms with Crippen LogP contribution in [0.3, 0.4) is 0 Å². The van der Waals surface area contributed by atoms with Crippen molar-refractivity contribution in [1.29, 1.82) is 0 Å². The van der Waals surface area contributed by atoms with Gasteiger partial charge in [0.25, 0.3) is 0 Å². The first-order valence-electron chi connectivity index (χ1n) is 8.28. The Morgan fingerprint density at radius 1 is 1.28 bits per heavy atom. The first-order chi connectivity index (χ1) is 13.9. The van der Waals surface area contributed by atoms with E-state index in [1.165, 1.54) is 25.6 Å². The molecule has 0 saturated heterocycles. The summed E-state index contributed by atoms with van der Waals surface area (Å²) in [6.07, 6.45) is 4.96. The number of hydrogen-bond donors (Lipinski definition) is 4. The molecular weight excluding hydrogens is 421 g/mol. The Labute approximate surface area is 176 Å². The number of nitrogens with zero attached hydrogens (tertiary/aromatic N) is 3. The molecular formula is C18H19Cl2N5O4. The van der Waals surface area contributed by atoms with Gasteiger partial charge in [-0.05, 0) is 19.1 Å². The zero-order chi connectivity index (χ0) is 21.4. The van der Waals surface area contributed by atoms with Crippen LogP contribution >= 0.6 is 23.2 Å². The van der Waals surface area contributed by atoms with E-state index in [1.807, 2.05) is 13.0 Å². The number of methoxy groups -OCH3 is 1. The minimum atomic E-state index is -1.16. The number of benzene rings is 1. The van der Waals surface area contributed by atoms with Gasteiger partial charge in [0.2, 0.25) is 0 Å². The number of anilines is 1. The van der Waals surface area contributed by atoms with Crippen molar-refractivity contribution in [3.8, 4) is 5.75 Å². The molecule has 3 rings (SSSR count). The maximum absolute atomic E-state index is 10.7. The Morgan fingerprint density at radius 2 is 2.00 bits per heavy atom. The molecule has 3 aromatic rings. The summed E-state index contributed by atoms with van der Waals surface area (Å²) >= 11 is 11.4. The number of aromatic nitrogens is 4. The van der Waals surface area contributed by atoms with Gasteiger partial charge in [0.1, 0.15) is 17.4 Å². The summed E-state index contributed by atoms with van der Waals surface area (Å²) in [5, 5.41) is 21.1. The average molecular weight is 440 g/mol. The van der Waals surface area contributed by atoms with Gasteiger partial charge in [-0.25, -0.2) is 19.7 Å². The quantitative estimate of drug-likeness (QED) is 0.429. The Kier molecular flexibility index (Phi) is 8.20. The third kappa shape index (κ3) is 5.80. The third-order valence-electron chi connectivity index (χ3n) is 3.66. The largest absolute Gasteiger partial charge is 0.494 e. The molecule has 4 N–H and O–H groups in total. The molecule has 0 aliphatic heterocycles. The van der Waals surface area contributed by atoms with Gasteiger partial charge in [-0.2, -0.15) is 0 Å². The molecule has 0 saturated carbocycles. The van der Waals surface area contributed by atoms with Crippen LogP contribution in [-0.4, -0.2) is 56.4 Å². The monoisotopic (exact) mass is 439 g/mol. The molecule has 154 valence electrons. The minimum absolute atomic E-state index is 0.0727. The summed E-state index contributed by atoms with van der Waals surface area (Å²) in [7, 11) is 1.34. The topological polar surface area (TPSA) is 133 Å². The molecule has 2 heterocycles. The van der Waals surface area contributed by atoms with E-state index in [-0.39, 0.29) is 28.0 Å². The maximum Gasteiger partial charge on any atom is 0.341 e. The van der Waals surface area contributed by atoms with Crippen LogP contribution in [0.25, 0.3) is 11.2 Å². The molecule has 0 aliphatic rings. The average Bonchev–Trinajstić information content (AvgIpc) is 3.19. The third-order valence-corrected chi connectivity index (χ3v) is 4.28. The van der Waals surface area contributed by atoms with E-state index in [9.17, 15) is 4.79 Å². The lowest BCUT2D eigenvalue weighted by Crippen LogP contribution is -2.03. The zero-order valence-corrected chi connectivity index (χ0v) is 17.1.